The van der Waals surface area contributed by atoms with Crippen molar-refractivity contribution < 1.29 is 9.53 Å². The summed E-state index contributed by atoms with van der Waals surface area (Å²) in [6.45, 7) is 6.37. The summed E-state index contributed by atoms with van der Waals surface area (Å²) in [6.07, 6.45) is 1.11. The van der Waals surface area contributed by atoms with Crippen molar-refractivity contribution in [1.29, 1.82) is 0 Å². The highest BCUT2D eigenvalue weighted by Gasteiger charge is 2.28. The molecular formula is C19H24N4O3S. The average molecular weight is 388 g/mol. The number of thiophene rings is 1. The largest absolute Gasteiger partial charge is 0.372 e. The first-order valence-corrected chi connectivity index (χ1v) is 10.2. The summed E-state index contributed by atoms with van der Waals surface area (Å²) in [5.74, 6) is 0.661. The molecule has 0 saturated carbocycles. The molecule has 1 N–H and O–H groups in total. The lowest BCUT2D eigenvalue weighted by Crippen LogP contribution is -2.47. The summed E-state index contributed by atoms with van der Waals surface area (Å²) in [4.78, 5) is 37.8. The van der Waals surface area contributed by atoms with Crippen LogP contribution in [0.2, 0.25) is 0 Å². The maximum atomic E-state index is 12.6. The zero-order valence-corrected chi connectivity index (χ0v) is 16.4. The highest BCUT2D eigenvalue weighted by Crippen LogP contribution is 2.21. The Hall–Kier alpha value is -2.19. The molecule has 2 aromatic rings. The summed E-state index contributed by atoms with van der Waals surface area (Å²) in [7, 11) is 0. The predicted octanol–water partition coefficient (Wildman–Crippen LogP) is 1.57. The molecule has 0 aliphatic carbocycles. The van der Waals surface area contributed by atoms with Crippen molar-refractivity contribution in [1.82, 2.24) is 14.9 Å². The number of aromatic amines is 1. The van der Waals surface area contributed by atoms with E-state index in [1.165, 1.54) is 0 Å². The zero-order valence-electron chi connectivity index (χ0n) is 15.6. The molecule has 8 heteroatoms. The van der Waals surface area contributed by atoms with Crippen LogP contribution in [-0.4, -0.2) is 52.6 Å². The third-order valence-corrected chi connectivity index (χ3v) is 5.91. The van der Waals surface area contributed by atoms with E-state index < -0.39 is 0 Å². The molecule has 1 saturated heterocycles. The van der Waals surface area contributed by atoms with Gasteiger partial charge in [0.05, 0.1) is 30.9 Å². The van der Waals surface area contributed by atoms with Gasteiger partial charge in [0.2, 0.25) is 11.9 Å². The Kier molecular flexibility index (Phi) is 5.01. The molecule has 1 amide bonds. The number of ether oxygens (including phenoxy) is 1. The molecule has 144 valence electrons. The smallest absolute Gasteiger partial charge is 0.255 e. The number of hydrogen-bond acceptors (Lipinski definition) is 6. The lowest BCUT2D eigenvalue weighted by atomic mass is 10.1. The number of rotatable bonds is 3. The highest BCUT2D eigenvalue weighted by molar-refractivity contribution is 7.10. The molecule has 4 heterocycles. The second-order valence-corrected chi connectivity index (χ2v) is 8.33. The Morgan fingerprint density at radius 1 is 1.37 bits per heavy atom. The van der Waals surface area contributed by atoms with Gasteiger partial charge in [0, 0.05) is 30.1 Å². The molecule has 0 radical (unpaired) electrons. The van der Waals surface area contributed by atoms with Gasteiger partial charge in [0.15, 0.2) is 0 Å². The molecule has 0 aromatic carbocycles. The minimum absolute atomic E-state index is 0.0824. The lowest BCUT2D eigenvalue weighted by molar-refractivity contribution is -0.131. The fraction of sp³-hybridized carbons (Fsp3) is 0.526. The van der Waals surface area contributed by atoms with Gasteiger partial charge in [-0.3, -0.25) is 14.6 Å². The summed E-state index contributed by atoms with van der Waals surface area (Å²) in [5, 5.41) is 1.98. The molecule has 0 unspecified atom stereocenters. The molecule has 4 rings (SSSR count). The Labute approximate surface area is 162 Å². The first-order valence-electron chi connectivity index (χ1n) is 9.32. The number of carbonyl (C=O) groups is 1. The normalized spacial score (nSPS) is 22.6. The number of anilines is 1. The van der Waals surface area contributed by atoms with Crippen molar-refractivity contribution in [3.05, 3.63) is 44.0 Å². The number of nitrogens with zero attached hydrogens (tertiary/aromatic N) is 3. The molecule has 27 heavy (non-hydrogen) atoms. The van der Waals surface area contributed by atoms with Crippen LogP contribution in [0, 0.1) is 0 Å². The van der Waals surface area contributed by atoms with Crippen LogP contribution in [0.5, 0.6) is 0 Å². The molecule has 2 aliphatic heterocycles. The number of carbonyl (C=O) groups excluding carboxylic acids is 1. The van der Waals surface area contributed by atoms with E-state index in [-0.39, 0.29) is 23.7 Å². The first-order chi connectivity index (χ1) is 13.0. The Morgan fingerprint density at radius 2 is 2.15 bits per heavy atom. The van der Waals surface area contributed by atoms with Gasteiger partial charge in [-0.25, -0.2) is 4.98 Å². The average Bonchev–Trinajstić information content (AvgIpc) is 3.13. The van der Waals surface area contributed by atoms with Crippen LogP contribution in [0.3, 0.4) is 0 Å². The van der Waals surface area contributed by atoms with Gasteiger partial charge in [-0.2, -0.15) is 0 Å². The van der Waals surface area contributed by atoms with Crippen LogP contribution >= 0.6 is 11.3 Å². The fourth-order valence-electron chi connectivity index (χ4n) is 3.81. The molecule has 2 atom stereocenters. The summed E-state index contributed by atoms with van der Waals surface area (Å²) in [6, 6.07) is 3.93. The molecular weight excluding hydrogens is 364 g/mol. The predicted molar refractivity (Wildman–Crippen MR) is 104 cm³/mol. The van der Waals surface area contributed by atoms with E-state index in [1.54, 1.807) is 11.3 Å². The number of H-pyrrole nitrogens is 1. The van der Waals surface area contributed by atoms with E-state index in [0.29, 0.717) is 56.2 Å². The third-order valence-electron chi connectivity index (χ3n) is 5.04. The van der Waals surface area contributed by atoms with Crippen molar-refractivity contribution in [3.63, 3.8) is 0 Å². The van der Waals surface area contributed by atoms with Crippen LogP contribution in [0.4, 0.5) is 5.95 Å². The third kappa shape index (κ3) is 3.91. The van der Waals surface area contributed by atoms with Crippen molar-refractivity contribution in [2.45, 2.75) is 45.4 Å². The number of aromatic nitrogens is 2. The zero-order chi connectivity index (χ0) is 19.0. The number of amides is 1. The number of fused-ring (bicyclic) bond motifs is 1. The van der Waals surface area contributed by atoms with Crippen LogP contribution in [0.25, 0.3) is 0 Å². The van der Waals surface area contributed by atoms with Crippen LogP contribution in [0.1, 0.15) is 30.0 Å². The van der Waals surface area contributed by atoms with E-state index in [2.05, 4.69) is 9.88 Å². The maximum absolute atomic E-state index is 12.6. The van der Waals surface area contributed by atoms with Gasteiger partial charge in [0.1, 0.15) is 0 Å². The SMILES string of the molecule is C[C@H]1CN(c2nc3c(c(=O)[nH]2)CCN(C(=O)Cc2cccs2)C3)C[C@H](C)O1. The fourth-order valence-corrected chi connectivity index (χ4v) is 4.51. The van der Waals surface area contributed by atoms with Crippen LogP contribution in [0.15, 0.2) is 22.3 Å². The van der Waals surface area contributed by atoms with E-state index in [0.717, 1.165) is 4.88 Å². The topological polar surface area (TPSA) is 78.5 Å². The van der Waals surface area contributed by atoms with Crippen molar-refractivity contribution in [3.8, 4) is 0 Å². The van der Waals surface area contributed by atoms with Gasteiger partial charge < -0.3 is 14.5 Å². The highest BCUT2D eigenvalue weighted by atomic mass is 32.1. The Morgan fingerprint density at radius 3 is 2.85 bits per heavy atom. The van der Waals surface area contributed by atoms with Gasteiger partial charge >= 0.3 is 0 Å². The second kappa shape index (κ2) is 7.44. The second-order valence-electron chi connectivity index (χ2n) is 7.30. The van der Waals surface area contributed by atoms with Gasteiger partial charge in [-0.05, 0) is 31.7 Å². The minimum Gasteiger partial charge on any atom is -0.372 e. The molecule has 2 aliphatic rings. The monoisotopic (exact) mass is 388 g/mol. The van der Waals surface area contributed by atoms with E-state index in [4.69, 9.17) is 9.72 Å². The summed E-state index contributed by atoms with van der Waals surface area (Å²) < 4.78 is 5.77. The molecule has 7 nitrogen and oxygen atoms in total. The summed E-state index contributed by atoms with van der Waals surface area (Å²) in [5.41, 5.74) is 1.33. The molecule has 1 fully saturated rings. The Bertz CT molecular complexity index is 870. The van der Waals surface area contributed by atoms with E-state index in [1.807, 2.05) is 36.3 Å². The Balaban J connectivity index is 1.54. The minimum atomic E-state index is -0.0906. The number of nitrogens with one attached hydrogen (secondary N) is 1. The van der Waals surface area contributed by atoms with Crippen LogP contribution in [-0.2, 0) is 28.9 Å². The quantitative estimate of drug-likeness (QED) is 0.864. The molecule has 0 bridgehead atoms. The standard InChI is InChI=1S/C19H24N4O3S/c1-12-9-23(10-13(2)26-12)19-20-16-11-22(6-5-15(16)18(25)21-19)17(24)8-14-4-3-7-27-14/h3-4,7,12-13H,5-6,8-11H2,1-2H3,(H,20,21,25)/t12-,13-/m0/s1. The van der Waals surface area contributed by atoms with Gasteiger partial charge in [-0.1, -0.05) is 6.07 Å². The van der Waals surface area contributed by atoms with Crippen molar-refractivity contribution in [2.75, 3.05) is 24.5 Å². The van der Waals surface area contributed by atoms with Crippen molar-refractivity contribution in [2.24, 2.45) is 0 Å². The lowest BCUT2D eigenvalue weighted by Gasteiger charge is -2.36. The first kappa shape index (κ1) is 18.2. The van der Waals surface area contributed by atoms with E-state index in [9.17, 15) is 9.59 Å². The maximum Gasteiger partial charge on any atom is 0.255 e. The van der Waals surface area contributed by atoms with Crippen molar-refractivity contribution >= 4 is 23.2 Å². The van der Waals surface area contributed by atoms with E-state index >= 15 is 0 Å². The number of morpholine rings is 1. The molecule has 2 aromatic heterocycles. The van der Waals surface area contributed by atoms with Gasteiger partial charge in [0.25, 0.3) is 5.56 Å². The van der Waals surface area contributed by atoms with Gasteiger partial charge in [-0.15, -0.1) is 11.3 Å². The number of hydrogen-bond donors (Lipinski definition) is 1. The summed E-state index contributed by atoms with van der Waals surface area (Å²) >= 11 is 1.59. The molecule has 0 spiro atoms. The van der Waals surface area contributed by atoms with Crippen LogP contribution < -0.4 is 10.5 Å².